The maximum atomic E-state index is 8.25. The molecule has 0 saturated carbocycles. The van der Waals surface area contributed by atoms with Crippen LogP contribution in [0.1, 0.15) is 26.2 Å². The monoisotopic (exact) mass is 152 g/mol. The molecular formula is C10H16O. The van der Waals surface area contributed by atoms with Gasteiger partial charge in [0.15, 0.2) is 0 Å². The minimum absolute atomic E-state index is 1.02. The molecule has 0 saturated heterocycles. The molecule has 0 aliphatic carbocycles. The first-order chi connectivity index (χ1) is 5.41. The second kappa shape index (κ2) is 9.02. The zero-order chi connectivity index (χ0) is 8.36. The first-order valence-electron chi connectivity index (χ1n) is 4.04. The molecule has 0 aliphatic rings. The van der Waals surface area contributed by atoms with E-state index in [1.807, 2.05) is 12.2 Å². The van der Waals surface area contributed by atoms with Gasteiger partial charge in [-0.05, 0) is 12.5 Å². The molecule has 11 heavy (non-hydrogen) atoms. The average Bonchev–Trinajstić information content (AvgIpc) is 2.03. The van der Waals surface area contributed by atoms with E-state index < -0.39 is 0 Å². The summed E-state index contributed by atoms with van der Waals surface area (Å²) in [5.74, 6) is 0. The van der Waals surface area contributed by atoms with Gasteiger partial charge in [0.25, 0.3) is 0 Å². The van der Waals surface area contributed by atoms with Crippen LogP contribution in [0.3, 0.4) is 0 Å². The van der Waals surface area contributed by atoms with E-state index in [4.69, 9.17) is 5.11 Å². The van der Waals surface area contributed by atoms with E-state index in [0.29, 0.717) is 0 Å². The third-order valence-corrected chi connectivity index (χ3v) is 1.28. The lowest BCUT2D eigenvalue weighted by Gasteiger charge is -1.84. The van der Waals surface area contributed by atoms with Gasteiger partial charge in [0.2, 0.25) is 0 Å². The second-order valence-corrected chi connectivity index (χ2v) is 2.30. The van der Waals surface area contributed by atoms with Crippen LogP contribution in [0.25, 0.3) is 0 Å². The predicted molar refractivity (Wildman–Crippen MR) is 49.6 cm³/mol. The highest BCUT2D eigenvalue weighted by Gasteiger charge is 1.74. The van der Waals surface area contributed by atoms with Crippen molar-refractivity contribution in [1.29, 1.82) is 0 Å². The Kier molecular flexibility index (Phi) is 8.22. The molecule has 62 valence electrons. The van der Waals surface area contributed by atoms with Crippen LogP contribution in [0.15, 0.2) is 36.6 Å². The van der Waals surface area contributed by atoms with Crippen LogP contribution in [0.5, 0.6) is 0 Å². The molecule has 0 amide bonds. The molecule has 0 atom stereocenters. The summed E-state index contributed by atoms with van der Waals surface area (Å²) >= 11 is 0. The molecule has 1 heteroatoms. The summed E-state index contributed by atoms with van der Waals surface area (Å²) in [7, 11) is 0. The van der Waals surface area contributed by atoms with E-state index in [2.05, 4.69) is 13.0 Å². The molecule has 1 nitrogen and oxygen atoms in total. The van der Waals surface area contributed by atoms with Crippen LogP contribution >= 0.6 is 0 Å². The Morgan fingerprint density at radius 1 is 1.09 bits per heavy atom. The predicted octanol–water partition coefficient (Wildman–Crippen LogP) is 3.36. The molecule has 0 aliphatic heterocycles. The lowest BCUT2D eigenvalue weighted by Crippen LogP contribution is -1.64. The van der Waals surface area contributed by atoms with Gasteiger partial charge in [-0.1, -0.05) is 44.1 Å². The summed E-state index contributed by atoms with van der Waals surface area (Å²) in [4.78, 5) is 0. The number of allylic oxidation sites excluding steroid dienone is 5. The fourth-order valence-electron chi connectivity index (χ4n) is 0.675. The van der Waals surface area contributed by atoms with Crippen molar-refractivity contribution >= 4 is 0 Å². The van der Waals surface area contributed by atoms with Crippen molar-refractivity contribution in [2.45, 2.75) is 26.2 Å². The van der Waals surface area contributed by atoms with E-state index in [1.54, 1.807) is 12.2 Å². The van der Waals surface area contributed by atoms with Gasteiger partial charge in [-0.2, -0.15) is 0 Å². The van der Waals surface area contributed by atoms with Crippen LogP contribution < -0.4 is 0 Å². The summed E-state index contributed by atoms with van der Waals surface area (Å²) in [5, 5.41) is 8.25. The molecule has 0 heterocycles. The van der Waals surface area contributed by atoms with E-state index in [0.717, 1.165) is 12.7 Å². The zero-order valence-electron chi connectivity index (χ0n) is 7.03. The topological polar surface area (TPSA) is 20.2 Å². The molecule has 0 fully saturated rings. The van der Waals surface area contributed by atoms with Gasteiger partial charge in [-0.3, -0.25) is 0 Å². The molecule has 0 bridgehead atoms. The Labute approximate surface area is 68.7 Å². The van der Waals surface area contributed by atoms with Crippen LogP contribution in [-0.2, 0) is 0 Å². The quantitative estimate of drug-likeness (QED) is 0.364. The van der Waals surface area contributed by atoms with Gasteiger partial charge in [-0.25, -0.2) is 0 Å². The molecular weight excluding hydrogens is 136 g/mol. The smallest absolute Gasteiger partial charge is 0.0791 e. The van der Waals surface area contributed by atoms with Gasteiger partial charge < -0.3 is 5.11 Å². The number of unbranched alkanes of at least 4 members (excludes halogenated alkanes) is 2. The Bertz CT molecular complexity index is 143. The third-order valence-electron chi connectivity index (χ3n) is 1.28. The van der Waals surface area contributed by atoms with Crippen molar-refractivity contribution in [2.24, 2.45) is 0 Å². The number of rotatable bonds is 5. The second-order valence-electron chi connectivity index (χ2n) is 2.30. The third kappa shape index (κ3) is 9.02. The summed E-state index contributed by atoms with van der Waals surface area (Å²) < 4.78 is 0. The minimum Gasteiger partial charge on any atom is -0.516 e. The maximum Gasteiger partial charge on any atom is 0.0791 e. The van der Waals surface area contributed by atoms with Crippen LogP contribution in [0.2, 0.25) is 0 Å². The molecule has 0 aromatic heterocycles. The van der Waals surface area contributed by atoms with Crippen molar-refractivity contribution in [1.82, 2.24) is 0 Å². The van der Waals surface area contributed by atoms with Crippen LogP contribution in [0.4, 0.5) is 0 Å². The van der Waals surface area contributed by atoms with Crippen LogP contribution in [-0.4, -0.2) is 5.11 Å². The molecule has 1 N–H and O–H groups in total. The van der Waals surface area contributed by atoms with Crippen molar-refractivity contribution in [3.05, 3.63) is 36.6 Å². The number of aliphatic hydroxyl groups excluding tert-OH is 1. The summed E-state index contributed by atoms with van der Waals surface area (Å²) in [6.45, 7) is 2.18. The number of hydrogen-bond acceptors (Lipinski definition) is 1. The Balaban J connectivity index is 3.28. The first kappa shape index (κ1) is 10.0. The van der Waals surface area contributed by atoms with Gasteiger partial charge >= 0.3 is 0 Å². The summed E-state index contributed by atoms with van der Waals surface area (Å²) in [5.41, 5.74) is 0. The van der Waals surface area contributed by atoms with Gasteiger partial charge in [0, 0.05) is 0 Å². The first-order valence-corrected chi connectivity index (χ1v) is 4.04. The van der Waals surface area contributed by atoms with E-state index in [-0.39, 0.29) is 0 Å². The highest BCUT2D eigenvalue weighted by Crippen LogP contribution is 1.94. The normalized spacial score (nSPS) is 12.5. The zero-order valence-corrected chi connectivity index (χ0v) is 7.03. The average molecular weight is 152 g/mol. The maximum absolute atomic E-state index is 8.25. The van der Waals surface area contributed by atoms with Crippen LogP contribution in [0, 0.1) is 0 Å². The fraction of sp³-hybridized carbons (Fsp3) is 0.400. The van der Waals surface area contributed by atoms with Gasteiger partial charge in [0.1, 0.15) is 0 Å². The molecule has 0 aromatic rings. The number of hydrogen-bond donors (Lipinski definition) is 1. The Hall–Kier alpha value is -0.980. The molecule has 0 spiro atoms. The Morgan fingerprint density at radius 2 is 1.82 bits per heavy atom. The largest absolute Gasteiger partial charge is 0.516 e. The standard InChI is InChI=1S/C10H16O/c1-2-3-4-5-6-7-8-9-10-11/h5-11H,2-4H2,1H3/b6-5+,8-7+,10-9+. The molecule has 0 radical (unpaired) electrons. The van der Waals surface area contributed by atoms with Gasteiger partial charge in [0.05, 0.1) is 6.26 Å². The van der Waals surface area contributed by atoms with Crippen molar-refractivity contribution in [3.63, 3.8) is 0 Å². The Morgan fingerprint density at radius 3 is 2.45 bits per heavy atom. The molecule has 0 rings (SSSR count). The summed E-state index contributed by atoms with van der Waals surface area (Å²) in [6.07, 6.45) is 14.1. The van der Waals surface area contributed by atoms with Gasteiger partial charge in [-0.15, -0.1) is 0 Å². The van der Waals surface area contributed by atoms with Crippen molar-refractivity contribution in [3.8, 4) is 0 Å². The highest BCUT2D eigenvalue weighted by molar-refractivity contribution is 5.09. The molecule has 0 unspecified atom stereocenters. The highest BCUT2D eigenvalue weighted by atomic mass is 16.2. The fourth-order valence-corrected chi connectivity index (χ4v) is 0.675. The van der Waals surface area contributed by atoms with E-state index in [1.165, 1.54) is 12.8 Å². The van der Waals surface area contributed by atoms with E-state index >= 15 is 0 Å². The van der Waals surface area contributed by atoms with E-state index in [9.17, 15) is 0 Å². The van der Waals surface area contributed by atoms with Crippen molar-refractivity contribution < 1.29 is 5.11 Å². The van der Waals surface area contributed by atoms with Crippen molar-refractivity contribution in [2.75, 3.05) is 0 Å². The lowest BCUT2D eigenvalue weighted by atomic mass is 10.2. The SMILES string of the molecule is CCCC/C=C/C=C/C=C/O. The minimum atomic E-state index is 1.02. The summed E-state index contributed by atoms with van der Waals surface area (Å²) in [6, 6.07) is 0. The number of aliphatic hydroxyl groups is 1. The lowest BCUT2D eigenvalue weighted by molar-refractivity contribution is 0.474. The molecule has 0 aromatic carbocycles.